The molecule has 2 aromatic rings. The summed E-state index contributed by atoms with van der Waals surface area (Å²) in [6.45, 7) is 4.16. The summed E-state index contributed by atoms with van der Waals surface area (Å²) in [4.78, 5) is 4.33. The first-order valence-corrected chi connectivity index (χ1v) is 5.23. The molecule has 0 saturated heterocycles. The quantitative estimate of drug-likeness (QED) is 0.741. The number of hydrogen-bond donors (Lipinski definition) is 0. The van der Waals surface area contributed by atoms with Gasteiger partial charge in [0.05, 0.1) is 5.02 Å². The van der Waals surface area contributed by atoms with Gasteiger partial charge in [0.2, 0.25) is 0 Å². The highest BCUT2D eigenvalue weighted by molar-refractivity contribution is 6.34. The zero-order valence-electron chi connectivity index (χ0n) is 8.42. The van der Waals surface area contributed by atoms with E-state index in [-0.39, 0.29) is 0 Å². The van der Waals surface area contributed by atoms with Gasteiger partial charge in [-0.15, -0.1) is 0 Å². The third-order valence-corrected chi connectivity index (χ3v) is 2.86. The van der Waals surface area contributed by atoms with Gasteiger partial charge in [-0.05, 0) is 25.0 Å². The molecule has 0 unspecified atom stereocenters. The molecule has 0 N–H and O–H groups in total. The van der Waals surface area contributed by atoms with Crippen LogP contribution in [0.5, 0.6) is 0 Å². The summed E-state index contributed by atoms with van der Waals surface area (Å²) in [6.07, 6.45) is 6.11. The number of halogens is 1. The summed E-state index contributed by atoms with van der Waals surface area (Å²) in [7, 11) is 0. The Kier molecular flexibility index (Phi) is 2.46. The molecule has 0 radical (unpaired) electrons. The Balaban J connectivity index is 2.64. The minimum atomic E-state index is 0.759. The Bertz CT molecular complexity index is 460. The van der Waals surface area contributed by atoms with Crippen molar-refractivity contribution in [3.8, 4) is 0 Å². The van der Waals surface area contributed by atoms with E-state index in [0.717, 1.165) is 29.1 Å². The average Bonchev–Trinajstić information content (AvgIpc) is 2.57. The van der Waals surface area contributed by atoms with Crippen LogP contribution in [0.2, 0.25) is 5.02 Å². The molecule has 0 fully saturated rings. The second-order valence-electron chi connectivity index (χ2n) is 3.51. The first kappa shape index (κ1) is 9.53. The maximum atomic E-state index is 6.16. The predicted octanol–water partition coefficient (Wildman–Crippen LogP) is 3.25. The molecule has 3 heteroatoms. The summed E-state index contributed by atoms with van der Waals surface area (Å²) in [5.74, 6) is 0. The van der Waals surface area contributed by atoms with Gasteiger partial charge < -0.3 is 4.40 Å². The summed E-state index contributed by atoms with van der Waals surface area (Å²) in [6, 6.07) is 2.02. The topological polar surface area (TPSA) is 17.3 Å². The maximum Gasteiger partial charge on any atom is 0.156 e. The van der Waals surface area contributed by atoms with Crippen LogP contribution in [-0.2, 0) is 6.42 Å². The van der Waals surface area contributed by atoms with Gasteiger partial charge in [-0.25, -0.2) is 4.98 Å². The van der Waals surface area contributed by atoms with Crippen LogP contribution in [0, 0.1) is 6.92 Å². The van der Waals surface area contributed by atoms with Crippen LogP contribution >= 0.6 is 11.6 Å². The zero-order chi connectivity index (χ0) is 10.1. The molecule has 74 valence electrons. The van der Waals surface area contributed by atoms with Crippen molar-refractivity contribution < 1.29 is 0 Å². The second kappa shape index (κ2) is 3.62. The van der Waals surface area contributed by atoms with Crippen molar-refractivity contribution >= 4 is 17.2 Å². The molecule has 0 atom stereocenters. The van der Waals surface area contributed by atoms with Gasteiger partial charge >= 0.3 is 0 Å². The SMILES string of the molecule is CCCc1cnc2c(Cl)c(C)ccn12. The molecule has 14 heavy (non-hydrogen) atoms. The van der Waals surface area contributed by atoms with Crippen LogP contribution in [0.3, 0.4) is 0 Å². The lowest BCUT2D eigenvalue weighted by atomic mass is 10.2. The van der Waals surface area contributed by atoms with E-state index in [4.69, 9.17) is 11.6 Å². The van der Waals surface area contributed by atoms with E-state index in [2.05, 4.69) is 16.3 Å². The van der Waals surface area contributed by atoms with E-state index in [1.54, 1.807) is 0 Å². The zero-order valence-corrected chi connectivity index (χ0v) is 9.17. The highest BCUT2D eigenvalue weighted by Gasteiger charge is 2.07. The molecule has 2 rings (SSSR count). The molecule has 0 spiro atoms. The van der Waals surface area contributed by atoms with Gasteiger partial charge in [-0.2, -0.15) is 0 Å². The highest BCUT2D eigenvalue weighted by Crippen LogP contribution is 2.21. The van der Waals surface area contributed by atoms with Crippen molar-refractivity contribution in [1.29, 1.82) is 0 Å². The standard InChI is InChI=1S/C11H13ClN2/c1-3-4-9-7-13-11-10(12)8(2)5-6-14(9)11/h5-7H,3-4H2,1-2H3. The van der Waals surface area contributed by atoms with Crippen LogP contribution in [0.4, 0.5) is 0 Å². The van der Waals surface area contributed by atoms with Crippen LogP contribution in [0.15, 0.2) is 18.5 Å². The van der Waals surface area contributed by atoms with Crippen LogP contribution in [0.25, 0.3) is 5.65 Å². The molecule has 0 amide bonds. The third kappa shape index (κ3) is 1.40. The van der Waals surface area contributed by atoms with Gasteiger partial charge in [0.1, 0.15) is 0 Å². The molecule has 2 heterocycles. The van der Waals surface area contributed by atoms with E-state index in [9.17, 15) is 0 Å². The Morgan fingerprint density at radius 2 is 2.29 bits per heavy atom. The van der Waals surface area contributed by atoms with Crippen molar-refractivity contribution in [3.05, 3.63) is 34.7 Å². The molecule has 0 saturated carbocycles. The molecule has 0 aliphatic carbocycles. The molecule has 0 aliphatic heterocycles. The van der Waals surface area contributed by atoms with Crippen molar-refractivity contribution in [2.45, 2.75) is 26.7 Å². The lowest BCUT2D eigenvalue weighted by Gasteiger charge is -2.02. The first-order chi connectivity index (χ1) is 6.74. The molecular weight excluding hydrogens is 196 g/mol. The van der Waals surface area contributed by atoms with Crippen molar-refractivity contribution in [2.24, 2.45) is 0 Å². The number of rotatable bonds is 2. The molecule has 2 nitrogen and oxygen atoms in total. The lowest BCUT2D eigenvalue weighted by molar-refractivity contribution is 0.867. The number of aryl methyl sites for hydroxylation is 2. The van der Waals surface area contributed by atoms with Crippen LogP contribution in [-0.4, -0.2) is 9.38 Å². The van der Waals surface area contributed by atoms with E-state index in [0.29, 0.717) is 0 Å². The molecule has 2 aromatic heterocycles. The minimum Gasteiger partial charge on any atom is -0.303 e. The smallest absolute Gasteiger partial charge is 0.156 e. The van der Waals surface area contributed by atoms with E-state index < -0.39 is 0 Å². The fourth-order valence-electron chi connectivity index (χ4n) is 1.60. The molecular formula is C11H13ClN2. The van der Waals surface area contributed by atoms with Crippen LogP contribution in [0.1, 0.15) is 24.6 Å². The number of imidazole rings is 1. The summed E-state index contributed by atoms with van der Waals surface area (Å²) < 4.78 is 2.07. The van der Waals surface area contributed by atoms with Gasteiger partial charge in [0, 0.05) is 18.1 Å². The third-order valence-electron chi connectivity index (χ3n) is 2.40. The van der Waals surface area contributed by atoms with Crippen molar-refractivity contribution in [3.63, 3.8) is 0 Å². The molecule has 0 aromatic carbocycles. The van der Waals surface area contributed by atoms with Crippen LogP contribution < -0.4 is 0 Å². The van der Waals surface area contributed by atoms with Gasteiger partial charge in [0.15, 0.2) is 5.65 Å². The number of hydrogen-bond acceptors (Lipinski definition) is 1. The van der Waals surface area contributed by atoms with Crippen molar-refractivity contribution in [1.82, 2.24) is 9.38 Å². The normalized spacial score (nSPS) is 11.1. The Hall–Kier alpha value is -1.02. The van der Waals surface area contributed by atoms with Gasteiger partial charge in [-0.1, -0.05) is 24.9 Å². The van der Waals surface area contributed by atoms with Gasteiger partial charge in [-0.3, -0.25) is 0 Å². The van der Waals surface area contributed by atoms with Gasteiger partial charge in [0.25, 0.3) is 0 Å². The average molecular weight is 209 g/mol. The lowest BCUT2D eigenvalue weighted by Crippen LogP contribution is -1.93. The Morgan fingerprint density at radius 3 is 3.00 bits per heavy atom. The summed E-state index contributed by atoms with van der Waals surface area (Å²) >= 11 is 6.16. The number of nitrogens with zero attached hydrogens (tertiary/aromatic N) is 2. The predicted molar refractivity (Wildman–Crippen MR) is 58.9 cm³/mol. The number of fused-ring (bicyclic) bond motifs is 1. The fourth-order valence-corrected chi connectivity index (χ4v) is 1.80. The van der Waals surface area contributed by atoms with E-state index in [1.807, 2.05) is 25.4 Å². The monoisotopic (exact) mass is 208 g/mol. The maximum absolute atomic E-state index is 6.16. The number of pyridine rings is 1. The van der Waals surface area contributed by atoms with E-state index >= 15 is 0 Å². The molecule has 0 bridgehead atoms. The fraction of sp³-hybridized carbons (Fsp3) is 0.364. The molecule has 0 aliphatic rings. The van der Waals surface area contributed by atoms with E-state index in [1.165, 1.54) is 5.69 Å². The second-order valence-corrected chi connectivity index (χ2v) is 3.88. The van der Waals surface area contributed by atoms with Crippen molar-refractivity contribution in [2.75, 3.05) is 0 Å². The largest absolute Gasteiger partial charge is 0.303 e. The first-order valence-electron chi connectivity index (χ1n) is 4.85. The summed E-state index contributed by atoms with van der Waals surface area (Å²) in [5.41, 5.74) is 3.17. The Labute approximate surface area is 88.5 Å². The minimum absolute atomic E-state index is 0.759. The highest BCUT2D eigenvalue weighted by atomic mass is 35.5. The Morgan fingerprint density at radius 1 is 1.50 bits per heavy atom. The number of aromatic nitrogens is 2. The summed E-state index contributed by atoms with van der Waals surface area (Å²) in [5, 5.41) is 0.759.